The molecule has 5 rings (SSSR count). The van der Waals surface area contributed by atoms with Crippen LogP contribution in [0.3, 0.4) is 0 Å². The third-order valence-corrected chi connectivity index (χ3v) is 6.58. The van der Waals surface area contributed by atoms with Gasteiger partial charge in [0.05, 0.1) is 24.3 Å². The molecule has 0 aliphatic carbocycles. The first-order valence-electron chi connectivity index (χ1n) is 12.0. The van der Waals surface area contributed by atoms with Crippen LogP contribution < -0.4 is 10.2 Å². The quantitative estimate of drug-likeness (QED) is 0.308. The van der Waals surface area contributed by atoms with Crippen molar-refractivity contribution in [2.24, 2.45) is 0 Å². The lowest BCUT2D eigenvalue weighted by Gasteiger charge is -2.23. The van der Waals surface area contributed by atoms with E-state index >= 15 is 0 Å². The highest BCUT2D eigenvalue weighted by Gasteiger charge is 2.27. The van der Waals surface area contributed by atoms with Crippen LogP contribution >= 0.6 is 11.6 Å². The topological polar surface area (TPSA) is 95.9 Å². The van der Waals surface area contributed by atoms with Gasteiger partial charge in [0.2, 0.25) is 0 Å². The summed E-state index contributed by atoms with van der Waals surface area (Å²) in [5.41, 5.74) is 2.39. The van der Waals surface area contributed by atoms with Crippen LogP contribution in [-0.4, -0.2) is 36.0 Å². The molecule has 2 amide bonds. The van der Waals surface area contributed by atoms with Gasteiger partial charge in [0.25, 0.3) is 11.8 Å². The van der Waals surface area contributed by atoms with Gasteiger partial charge in [-0.1, -0.05) is 41.9 Å². The minimum absolute atomic E-state index is 0.0462. The average molecular weight is 545 g/mol. The Morgan fingerprint density at radius 1 is 0.897 bits per heavy atom. The maximum atomic E-state index is 14.0. The number of anilines is 2. The second kappa shape index (κ2) is 11.1. The van der Waals surface area contributed by atoms with Gasteiger partial charge in [-0.15, -0.1) is 0 Å². The molecular weight excluding hydrogens is 523 g/mol. The number of carbonyl (C=O) groups is 3. The number of nitrogens with zero attached hydrogens (tertiary/aromatic N) is 1. The Labute approximate surface area is 228 Å². The number of carbonyl (C=O) groups excluding carboxylic acids is 2. The van der Waals surface area contributed by atoms with Crippen molar-refractivity contribution in [2.75, 3.05) is 23.4 Å². The summed E-state index contributed by atoms with van der Waals surface area (Å²) < 4.78 is 19.6. The predicted molar refractivity (Wildman–Crippen MR) is 146 cm³/mol. The number of carboxylic acids is 1. The first kappa shape index (κ1) is 26.1. The van der Waals surface area contributed by atoms with Crippen molar-refractivity contribution < 1.29 is 28.6 Å². The molecule has 0 saturated carbocycles. The summed E-state index contributed by atoms with van der Waals surface area (Å²) in [5, 5.41) is 13.1. The zero-order valence-corrected chi connectivity index (χ0v) is 21.2. The maximum absolute atomic E-state index is 14.0. The Balaban J connectivity index is 1.46. The molecule has 0 atom stereocenters. The monoisotopic (exact) mass is 544 g/mol. The summed E-state index contributed by atoms with van der Waals surface area (Å²) in [5.74, 6) is -2.91. The van der Waals surface area contributed by atoms with Crippen molar-refractivity contribution in [2.45, 2.75) is 6.61 Å². The highest BCUT2D eigenvalue weighted by atomic mass is 35.5. The van der Waals surface area contributed by atoms with E-state index in [0.29, 0.717) is 27.4 Å². The third-order valence-electron chi connectivity index (χ3n) is 6.34. The summed E-state index contributed by atoms with van der Waals surface area (Å²) in [6, 6.07) is 21.8. The fourth-order valence-electron chi connectivity index (χ4n) is 4.50. The van der Waals surface area contributed by atoms with Crippen molar-refractivity contribution >= 4 is 40.8 Å². The molecule has 7 nitrogen and oxygen atoms in total. The molecule has 2 N–H and O–H groups in total. The Kier molecular flexibility index (Phi) is 7.40. The minimum Gasteiger partial charge on any atom is -0.478 e. The van der Waals surface area contributed by atoms with Crippen LogP contribution in [0.4, 0.5) is 15.8 Å². The molecule has 0 radical (unpaired) electrons. The van der Waals surface area contributed by atoms with Crippen molar-refractivity contribution in [3.8, 4) is 11.1 Å². The van der Waals surface area contributed by atoms with E-state index in [4.69, 9.17) is 16.3 Å². The first-order chi connectivity index (χ1) is 18.8. The molecule has 4 aromatic rings. The van der Waals surface area contributed by atoms with Gasteiger partial charge in [-0.2, -0.15) is 0 Å². The van der Waals surface area contributed by atoms with Gasteiger partial charge in [-0.05, 0) is 65.7 Å². The number of hydrogen-bond acceptors (Lipinski definition) is 4. The van der Waals surface area contributed by atoms with Gasteiger partial charge in [0.1, 0.15) is 5.82 Å². The van der Waals surface area contributed by atoms with Crippen LogP contribution in [0.15, 0.2) is 84.9 Å². The number of carboxylic acid groups (broad SMARTS) is 1. The fourth-order valence-corrected chi connectivity index (χ4v) is 4.70. The average Bonchev–Trinajstić information content (AvgIpc) is 3.15. The van der Waals surface area contributed by atoms with Crippen molar-refractivity contribution in [1.29, 1.82) is 0 Å². The fraction of sp³-hybridized carbons (Fsp3) is 0.100. The first-order valence-corrected chi connectivity index (χ1v) is 12.4. The van der Waals surface area contributed by atoms with Gasteiger partial charge >= 0.3 is 5.97 Å². The molecule has 1 heterocycles. The van der Waals surface area contributed by atoms with E-state index in [1.807, 2.05) is 6.07 Å². The number of ether oxygens (including phenoxy) is 1. The number of benzene rings is 4. The molecule has 0 unspecified atom stereocenters. The van der Waals surface area contributed by atoms with Crippen molar-refractivity contribution in [3.05, 3.63) is 118 Å². The third kappa shape index (κ3) is 5.52. The molecule has 0 saturated heterocycles. The summed E-state index contributed by atoms with van der Waals surface area (Å²) in [6.45, 7) is 0.749. The maximum Gasteiger partial charge on any atom is 0.336 e. The number of fused-ring (bicyclic) bond motifs is 1. The van der Waals surface area contributed by atoms with Gasteiger partial charge < -0.3 is 20.1 Å². The molecule has 1 aliphatic rings. The molecule has 0 fully saturated rings. The SMILES string of the molecule is O=C(O)c1cc(NC(=O)c2ccc(F)cc2-c2ccccc2)ccc1C(=O)N1CCOCc2cc(Cl)ccc21. The summed E-state index contributed by atoms with van der Waals surface area (Å²) >= 11 is 6.11. The summed E-state index contributed by atoms with van der Waals surface area (Å²) in [7, 11) is 0. The van der Waals surface area contributed by atoms with E-state index in [2.05, 4.69) is 5.32 Å². The highest BCUT2D eigenvalue weighted by molar-refractivity contribution is 6.30. The standard InChI is InChI=1S/C30H22ClFN2O5/c31-20-6-11-27-19(14-20)17-39-13-12-34(27)29(36)24-10-8-22(16-26(24)30(37)38)33-28(35)23-9-7-21(32)15-25(23)18-4-2-1-3-5-18/h1-11,14-16H,12-13,17H2,(H,33,35)(H,37,38). The highest BCUT2D eigenvalue weighted by Crippen LogP contribution is 2.30. The van der Waals surface area contributed by atoms with E-state index in [1.165, 1.54) is 41.3 Å². The molecular formula is C30H22ClFN2O5. The lowest BCUT2D eigenvalue weighted by atomic mass is 9.98. The van der Waals surface area contributed by atoms with Crippen molar-refractivity contribution in [3.63, 3.8) is 0 Å². The van der Waals surface area contributed by atoms with E-state index in [9.17, 15) is 23.9 Å². The van der Waals surface area contributed by atoms with Gasteiger partial charge in [0.15, 0.2) is 0 Å². The minimum atomic E-state index is -1.33. The zero-order valence-electron chi connectivity index (χ0n) is 20.5. The van der Waals surface area contributed by atoms with Crippen LogP contribution in [0, 0.1) is 5.82 Å². The molecule has 1 aliphatic heterocycles. The van der Waals surface area contributed by atoms with Crippen LogP contribution in [0.2, 0.25) is 5.02 Å². The largest absolute Gasteiger partial charge is 0.478 e. The van der Waals surface area contributed by atoms with Crippen LogP contribution in [-0.2, 0) is 11.3 Å². The van der Waals surface area contributed by atoms with Gasteiger partial charge in [0, 0.05) is 34.1 Å². The lowest BCUT2D eigenvalue weighted by Crippen LogP contribution is -2.34. The van der Waals surface area contributed by atoms with Gasteiger partial charge in [-0.25, -0.2) is 9.18 Å². The molecule has 196 valence electrons. The van der Waals surface area contributed by atoms with E-state index < -0.39 is 23.6 Å². The molecule has 0 bridgehead atoms. The number of amides is 2. The Morgan fingerprint density at radius 2 is 1.67 bits per heavy atom. The molecule has 0 spiro atoms. The molecule has 9 heteroatoms. The van der Waals surface area contributed by atoms with E-state index in [0.717, 1.165) is 0 Å². The van der Waals surface area contributed by atoms with Crippen LogP contribution in [0.25, 0.3) is 11.1 Å². The van der Waals surface area contributed by atoms with E-state index in [1.54, 1.807) is 42.5 Å². The van der Waals surface area contributed by atoms with Gasteiger partial charge in [-0.3, -0.25) is 9.59 Å². The summed E-state index contributed by atoms with van der Waals surface area (Å²) in [6.07, 6.45) is 0. The zero-order chi connectivity index (χ0) is 27.5. The van der Waals surface area contributed by atoms with Crippen molar-refractivity contribution in [1.82, 2.24) is 0 Å². The number of rotatable bonds is 5. The Morgan fingerprint density at radius 3 is 2.44 bits per heavy atom. The summed E-state index contributed by atoms with van der Waals surface area (Å²) in [4.78, 5) is 40.4. The Hall–Kier alpha value is -4.53. The predicted octanol–water partition coefficient (Wildman–Crippen LogP) is 6.27. The van der Waals surface area contributed by atoms with E-state index in [-0.39, 0.29) is 42.1 Å². The normalized spacial score (nSPS) is 12.8. The Bertz CT molecular complexity index is 1590. The number of halogens is 2. The number of hydrogen-bond donors (Lipinski definition) is 2. The van der Waals surface area contributed by atoms with Crippen LogP contribution in [0.1, 0.15) is 36.6 Å². The molecule has 0 aromatic heterocycles. The smallest absolute Gasteiger partial charge is 0.336 e. The number of aromatic carboxylic acids is 1. The lowest BCUT2D eigenvalue weighted by molar-refractivity contribution is 0.0691. The second-order valence-electron chi connectivity index (χ2n) is 8.86. The van der Waals surface area contributed by atoms with Crippen LogP contribution in [0.5, 0.6) is 0 Å². The number of nitrogens with one attached hydrogen (secondary N) is 1. The molecule has 4 aromatic carbocycles. The molecule has 39 heavy (non-hydrogen) atoms. The second-order valence-corrected chi connectivity index (χ2v) is 9.29.